The van der Waals surface area contributed by atoms with Crippen LogP contribution in [0, 0.1) is 0 Å². The lowest BCUT2D eigenvalue weighted by Crippen LogP contribution is -2.20. The van der Waals surface area contributed by atoms with Crippen molar-refractivity contribution in [3.05, 3.63) is 24.3 Å². The molecule has 1 aromatic carbocycles. The predicted molar refractivity (Wildman–Crippen MR) is 78.0 cm³/mol. The van der Waals surface area contributed by atoms with E-state index in [-0.39, 0.29) is 24.8 Å². The van der Waals surface area contributed by atoms with E-state index in [0.29, 0.717) is 26.4 Å². The first-order chi connectivity index (χ1) is 10.7. The lowest BCUT2D eigenvalue weighted by atomic mass is 10.3. The van der Waals surface area contributed by atoms with E-state index < -0.39 is 0 Å². The van der Waals surface area contributed by atoms with Crippen LogP contribution in [0.1, 0.15) is 13.8 Å². The van der Waals surface area contributed by atoms with Gasteiger partial charge in [0, 0.05) is 6.07 Å². The molecule has 2 aliphatic heterocycles. The van der Waals surface area contributed by atoms with Gasteiger partial charge in [-0.05, 0) is 26.0 Å². The van der Waals surface area contributed by atoms with Gasteiger partial charge in [0.1, 0.15) is 37.9 Å². The summed E-state index contributed by atoms with van der Waals surface area (Å²) in [7, 11) is 0. The molecule has 0 radical (unpaired) electrons. The third kappa shape index (κ3) is 5.46. The molecule has 0 amide bonds. The molecule has 0 saturated carbocycles. The molecule has 2 saturated heterocycles. The fourth-order valence-electron chi connectivity index (χ4n) is 1.91. The largest absolute Gasteiger partial charge is 0.491 e. The Hall–Kier alpha value is -1.34. The lowest BCUT2D eigenvalue weighted by Gasteiger charge is -2.15. The van der Waals surface area contributed by atoms with Crippen LogP contribution in [0.3, 0.4) is 0 Å². The van der Waals surface area contributed by atoms with E-state index >= 15 is 0 Å². The minimum absolute atomic E-state index is 0.0101. The Kier molecular flexibility index (Phi) is 5.15. The summed E-state index contributed by atoms with van der Waals surface area (Å²) in [5, 5.41) is 0. The van der Waals surface area contributed by atoms with Crippen LogP contribution in [0.25, 0.3) is 0 Å². The third-order valence-electron chi connectivity index (χ3n) is 3.15. The van der Waals surface area contributed by atoms with Gasteiger partial charge in [0.05, 0.1) is 12.2 Å². The number of epoxide rings is 2. The topological polar surface area (TPSA) is 62.0 Å². The molecule has 6 heteroatoms. The molecule has 1 aromatic rings. The van der Waals surface area contributed by atoms with Crippen LogP contribution in [0.2, 0.25) is 0 Å². The van der Waals surface area contributed by atoms with Gasteiger partial charge in [-0.25, -0.2) is 0 Å². The molecule has 2 fully saturated rings. The van der Waals surface area contributed by atoms with E-state index in [2.05, 4.69) is 0 Å². The normalized spacial score (nSPS) is 25.4. The lowest BCUT2D eigenvalue weighted by molar-refractivity contribution is -0.0232. The van der Waals surface area contributed by atoms with Gasteiger partial charge in [-0.1, -0.05) is 6.07 Å². The SMILES string of the molecule is CC(COc1cccc(OCC(C)OC2CO2)c1)OC1CO1. The van der Waals surface area contributed by atoms with Crippen molar-refractivity contribution >= 4 is 0 Å². The van der Waals surface area contributed by atoms with Crippen molar-refractivity contribution in [1.82, 2.24) is 0 Å². The highest BCUT2D eigenvalue weighted by atomic mass is 16.8. The van der Waals surface area contributed by atoms with Crippen molar-refractivity contribution < 1.29 is 28.4 Å². The highest BCUT2D eigenvalue weighted by Gasteiger charge is 2.26. The number of hydrogen-bond donors (Lipinski definition) is 0. The fraction of sp³-hybridized carbons (Fsp3) is 0.625. The van der Waals surface area contributed by atoms with Gasteiger partial charge in [-0.15, -0.1) is 0 Å². The van der Waals surface area contributed by atoms with Crippen molar-refractivity contribution in [3.63, 3.8) is 0 Å². The van der Waals surface area contributed by atoms with Gasteiger partial charge in [0.15, 0.2) is 12.6 Å². The first kappa shape index (κ1) is 15.6. The molecule has 4 unspecified atom stereocenters. The predicted octanol–water partition coefficient (Wildman–Crippen LogP) is 1.97. The van der Waals surface area contributed by atoms with E-state index in [1.54, 1.807) is 0 Å². The zero-order valence-corrected chi connectivity index (χ0v) is 12.9. The van der Waals surface area contributed by atoms with E-state index in [1.807, 2.05) is 38.1 Å². The summed E-state index contributed by atoms with van der Waals surface area (Å²) in [6, 6.07) is 7.55. The van der Waals surface area contributed by atoms with Crippen molar-refractivity contribution in [2.24, 2.45) is 0 Å². The molecule has 0 N–H and O–H groups in total. The molecule has 0 aromatic heterocycles. The molecule has 122 valence electrons. The van der Waals surface area contributed by atoms with Crippen LogP contribution in [0.5, 0.6) is 11.5 Å². The number of rotatable bonds is 10. The second-order valence-corrected chi connectivity index (χ2v) is 5.52. The molecule has 3 rings (SSSR count). The van der Waals surface area contributed by atoms with Crippen LogP contribution >= 0.6 is 0 Å². The minimum atomic E-state index is -0.0507. The first-order valence-electron chi connectivity index (χ1n) is 7.59. The maximum atomic E-state index is 5.71. The van der Waals surface area contributed by atoms with E-state index in [1.165, 1.54) is 0 Å². The smallest absolute Gasteiger partial charge is 0.181 e. The Morgan fingerprint density at radius 1 is 0.955 bits per heavy atom. The molecule has 22 heavy (non-hydrogen) atoms. The zero-order valence-electron chi connectivity index (χ0n) is 12.9. The molecule has 0 aliphatic carbocycles. The molecule has 0 bridgehead atoms. The maximum Gasteiger partial charge on any atom is 0.181 e. The summed E-state index contributed by atoms with van der Waals surface area (Å²) in [5.41, 5.74) is 0. The summed E-state index contributed by atoms with van der Waals surface area (Å²) < 4.78 is 32.5. The van der Waals surface area contributed by atoms with Crippen molar-refractivity contribution in [3.8, 4) is 11.5 Å². The van der Waals surface area contributed by atoms with Gasteiger partial charge < -0.3 is 28.4 Å². The summed E-state index contributed by atoms with van der Waals surface area (Å²) in [4.78, 5) is 0. The number of hydrogen-bond acceptors (Lipinski definition) is 6. The molecule has 2 heterocycles. The Bertz CT molecular complexity index is 432. The van der Waals surface area contributed by atoms with Crippen LogP contribution in [0.15, 0.2) is 24.3 Å². The van der Waals surface area contributed by atoms with E-state index in [9.17, 15) is 0 Å². The van der Waals surface area contributed by atoms with Crippen LogP contribution in [0.4, 0.5) is 0 Å². The van der Waals surface area contributed by atoms with Crippen molar-refractivity contribution in [2.45, 2.75) is 38.6 Å². The summed E-state index contributed by atoms with van der Waals surface area (Å²) >= 11 is 0. The molecular weight excluding hydrogens is 288 g/mol. The molecular formula is C16H22O6. The highest BCUT2D eigenvalue weighted by Crippen LogP contribution is 2.21. The summed E-state index contributed by atoms with van der Waals surface area (Å²) in [6.07, 6.45) is -0.122. The van der Waals surface area contributed by atoms with Gasteiger partial charge in [0.2, 0.25) is 0 Å². The first-order valence-corrected chi connectivity index (χ1v) is 7.59. The Balaban J connectivity index is 1.40. The summed E-state index contributed by atoms with van der Waals surface area (Å²) in [6.45, 7) is 6.23. The Morgan fingerprint density at radius 3 is 1.82 bits per heavy atom. The van der Waals surface area contributed by atoms with Gasteiger partial charge in [0.25, 0.3) is 0 Å². The maximum absolute atomic E-state index is 5.71. The number of benzene rings is 1. The fourth-order valence-corrected chi connectivity index (χ4v) is 1.91. The number of ether oxygens (including phenoxy) is 6. The summed E-state index contributed by atoms with van der Waals surface area (Å²) in [5.74, 6) is 1.51. The van der Waals surface area contributed by atoms with Gasteiger partial charge >= 0.3 is 0 Å². The molecule has 6 nitrogen and oxygen atoms in total. The van der Waals surface area contributed by atoms with E-state index in [4.69, 9.17) is 28.4 Å². The highest BCUT2D eigenvalue weighted by molar-refractivity contribution is 5.32. The molecule has 2 aliphatic rings. The van der Waals surface area contributed by atoms with Crippen molar-refractivity contribution in [1.29, 1.82) is 0 Å². The zero-order chi connectivity index (χ0) is 15.4. The quantitative estimate of drug-likeness (QED) is 0.616. The molecule has 4 atom stereocenters. The Morgan fingerprint density at radius 2 is 1.41 bits per heavy atom. The van der Waals surface area contributed by atoms with Gasteiger partial charge in [-0.3, -0.25) is 0 Å². The average Bonchev–Trinajstić information content (AvgIpc) is 3.40. The van der Waals surface area contributed by atoms with Gasteiger partial charge in [-0.2, -0.15) is 0 Å². The standard InChI is InChI=1S/C16H22O6/c1-11(21-15-9-19-15)7-17-13-4-3-5-14(6-13)18-8-12(2)22-16-10-20-16/h3-6,11-12,15-16H,7-10H2,1-2H3. The van der Waals surface area contributed by atoms with Crippen molar-refractivity contribution in [2.75, 3.05) is 26.4 Å². The molecule has 0 spiro atoms. The van der Waals surface area contributed by atoms with E-state index in [0.717, 1.165) is 11.5 Å². The minimum Gasteiger partial charge on any atom is -0.491 e. The second-order valence-electron chi connectivity index (χ2n) is 5.52. The second kappa shape index (κ2) is 7.28. The van der Waals surface area contributed by atoms with Crippen LogP contribution < -0.4 is 9.47 Å². The average molecular weight is 310 g/mol. The van der Waals surface area contributed by atoms with Crippen LogP contribution in [-0.4, -0.2) is 51.2 Å². The third-order valence-corrected chi connectivity index (χ3v) is 3.15. The van der Waals surface area contributed by atoms with Crippen LogP contribution in [-0.2, 0) is 18.9 Å². The Labute approximate surface area is 130 Å². The monoisotopic (exact) mass is 310 g/mol.